The van der Waals surface area contributed by atoms with E-state index in [1.165, 1.54) is 24.3 Å². The van der Waals surface area contributed by atoms with E-state index in [0.717, 1.165) is 10.9 Å². The highest BCUT2D eigenvalue weighted by molar-refractivity contribution is 7.92. The molecule has 0 saturated carbocycles. The molecular weight excluding hydrogens is 416 g/mol. The standard InChI is InChI=1S/C17H12Cl2FN3O3S/c1-10-7-8-13(22-27(25,26)11-5-3-2-4-6-11)15(20)16(10)23-17(24)14(19)12(18)9-21-23/h2-9,22H,1H3. The van der Waals surface area contributed by atoms with E-state index in [0.29, 0.717) is 5.56 Å². The molecule has 1 aromatic heterocycles. The highest BCUT2D eigenvalue weighted by Gasteiger charge is 2.21. The van der Waals surface area contributed by atoms with E-state index in [2.05, 4.69) is 9.82 Å². The molecule has 10 heteroatoms. The van der Waals surface area contributed by atoms with Gasteiger partial charge in [0.15, 0.2) is 5.82 Å². The summed E-state index contributed by atoms with van der Waals surface area (Å²) in [5.41, 5.74) is -1.04. The van der Waals surface area contributed by atoms with Crippen LogP contribution in [0, 0.1) is 12.7 Å². The fourth-order valence-corrected chi connectivity index (χ4v) is 3.71. The first kappa shape index (κ1) is 19.3. The molecule has 0 aliphatic carbocycles. The van der Waals surface area contributed by atoms with Gasteiger partial charge in [-0.2, -0.15) is 9.78 Å². The Morgan fingerprint density at radius 2 is 1.78 bits per heavy atom. The van der Waals surface area contributed by atoms with Gasteiger partial charge >= 0.3 is 0 Å². The number of sulfonamides is 1. The van der Waals surface area contributed by atoms with Crippen LogP contribution in [-0.4, -0.2) is 18.2 Å². The second-order valence-corrected chi connectivity index (χ2v) is 8.00. The third kappa shape index (κ3) is 3.69. The smallest absolute Gasteiger partial charge is 0.277 e. The van der Waals surface area contributed by atoms with Crippen LogP contribution in [0.4, 0.5) is 10.1 Å². The number of aromatic nitrogens is 2. The van der Waals surface area contributed by atoms with Crippen molar-refractivity contribution >= 4 is 38.9 Å². The minimum Gasteiger partial charge on any atom is -0.277 e. The second kappa shape index (κ2) is 7.30. The quantitative estimate of drug-likeness (QED) is 0.686. The maximum absolute atomic E-state index is 15.1. The zero-order valence-corrected chi connectivity index (χ0v) is 16.1. The normalized spacial score (nSPS) is 11.4. The molecule has 0 bridgehead atoms. The Hall–Kier alpha value is -2.42. The topological polar surface area (TPSA) is 81.1 Å². The molecule has 0 spiro atoms. The van der Waals surface area contributed by atoms with Crippen LogP contribution in [-0.2, 0) is 10.0 Å². The summed E-state index contributed by atoms with van der Waals surface area (Å²) in [6.45, 7) is 1.55. The summed E-state index contributed by atoms with van der Waals surface area (Å²) in [5.74, 6) is -0.970. The van der Waals surface area contributed by atoms with Crippen molar-refractivity contribution in [3.05, 3.63) is 80.4 Å². The van der Waals surface area contributed by atoms with E-state index >= 15 is 4.39 Å². The Labute approximate surface area is 164 Å². The lowest BCUT2D eigenvalue weighted by molar-refractivity contribution is 0.594. The number of anilines is 1. The molecule has 140 valence electrons. The predicted molar refractivity (Wildman–Crippen MR) is 102 cm³/mol. The zero-order valence-electron chi connectivity index (χ0n) is 13.8. The van der Waals surface area contributed by atoms with Crippen LogP contribution >= 0.6 is 23.2 Å². The minimum atomic E-state index is -4.02. The number of rotatable bonds is 4. The number of hydrogen-bond donors (Lipinski definition) is 1. The summed E-state index contributed by atoms with van der Waals surface area (Å²) in [4.78, 5) is 12.3. The Morgan fingerprint density at radius 3 is 2.44 bits per heavy atom. The average molecular weight is 428 g/mol. The molecule has 0 atom stereocenters. The second-order valence-electron chi connectivity index (χ2n) is 5.53. The van der Waals surface area contributed by atoms with Gasteiger partial charge in [0.2, 0.25) is 0 Å². The third-order valence-electron chi connectivity index (χ3n) is 3.70. The number of nitrogens with one attached hydrogen (secondary N) is 1. The van der Waals surface area contributed by atoms with E-state index in [1.807, 2.05) is 0 Å². The first-order chi connectivity index (χ1) is 12.7. The molecule has 1 N–H and O–H groups in total. The van der Waals surface area contributed by atoms with Gasteiger partial charge in [-0.15, -0.1) is 0 Å². The molecule has 1 heterocycles. The lowest BCUT2D eigenvalue weighted by atomic mass is 10.1. The largest absolute Gasteiger partial charge is 0.291 e. The SMILES string of the molecule is Cc1ccc(NS(=O)(=O)c2ccccc2)c(F)c1-n1ncc(Cl)c(Cl)c1=O. The average Bonchev–Trinajstić information content (AvgIpc) is 2.65. The number of benzene rings is 2. The molecule has 3 rings (SSSR count). The van der Waals surface area contributed by atoms with Crippen molar-refractivity contribution in [3.8, 4) is 5.69 Å². The number of aryl methyl sites for hydroxylation is 1. The van der Waals surface area contributed by atoms with Crippen LogP contribution in [0.25, 0.3) is 5.69 Å². The van der Waals surface area contributed by atoms with Crippen molar-refractivity contribution in [1.29, 1.82) is 0 Å². The summed E-state index contributed by atoms with van der Waals surface area (Å²) < 4.78 is 42.9. The number of nitrogens with zero attached hydrogens (tertiary/aromatic N) is 2. The Kier molecular flexibility index (Phi) is 5.23. The summed E-state index contributed by atoms with van der Waals surface area (Å²) >= 11 is 11.6. The van der Waals surface area contributed by atoms with Crippen molar-refractivity contribution in [3.63, 3.8) is 0 Å². The Bertz CT molecular complexity index is 1180. The summed E-state index contributed by atoms with van der Waals surface area (Å²) in [7, 11) is -4.02. The Morgan fingerprint density at radius 1 is 1.11 bits per heavy atom. The van der Waals surface area contributed by atoms with Gasteiger partial charge in [-0.25, -0.2) is 12.8 Å². The van der Waals surface area contributed by atoms with Gasteiger partial charge in [-0.05, 0) is 30.7 Å². The molecule has 6 nitrogen and oxygen atoms in total. The fraction of sp³-hybridized carbons (Fsp3) is 0.0588. The summed E-state index contributed by atoms with van der Waals surface area (Å²) in [6, 6.07) is 10.2. The van der Waals surface area contributed by atoms with E-state index in [9.17, 15) is 13.2 Å². The number of halogens is 3. The monoisotopic (exact) mass is 427 g/mol. The lowest BCUT2D eigenvalue weighted by Gasteiger charge is -2.14. The van der Waals surface area contributed by atoms with Crippen molar-refractivity contribution < 1.29 is 12.8 Å². The molecule has 27 heavy (non-hydrogen) atoms. The van der Waals surface area contributed by atoms with Crippen molar-refractivity contribution in [2.45, 2.75) is 11.8 Å². The highest BCUT2D eigenvalue weighted by Crippen LogP contribution is 2.27. The van der Waals surface area contributed by atoms with Gasteiger partial charge in [0, 0.05) is 0 Å². The first-order valence-electron chi connectivity index (χ1n) is 7.53. The van der Waals surface area contributed by atoms with Crippen molar-refractivity contribution in [2.75, 3.05) is 4.72 Å². The zero-order chi connectivity index (χ0) is 19.8. The van der Waals surface area contributed by atoms with Crippen molar-refractivity contribution in [1.82, 2.24) is 9.78 Å². The van der Waals surface area contributed by atoms with E-state index < -0.39 is 21.4 Å². The van der Waals surface area contributed by atoms with Crippen LogP contribution < -0.4 is 10.3 Å². The fourth-order valence-electron chi connectivity index (χ4n) is 2.38. The van der Waals surface area contributed by atoms with Gasteiger partial charge in [-0.3, -0.25) is 9.52 Å². The number of hydrogen-bond acceptors (Lipinski definition) is 4. The van der Waals surface area contributed by atoms with Crippen LogP contribution in [0.2, 0.25) is 10.0 Å². The van der Waals surface area contributed by atoms with E-state index in [4.69, 9.17) is 23.2 Å². The summed E-state index contributed by atoms with van der Waals surface area (Å²) in [6.07, 6.45) is 1.10. The van der Waals surface area contributed by atoms with Gasteiger partial charge in [0.05, 0.1) is 21.8 Å². The third-order valence-corrected chi connectivity index (χ3v) is 5.83. The molecule has 0 fully saturated rings. The first-order valence-corrected chi connectivity index (χ1v) is 9.77. The van der Waals surface area contributed by atoms with Crippen LogP contribution in [0.1, 0.15) is 5.56 Å². The van der Waals surface area contributed by atoms with Crippen molar-refractivity contribution in [2.24, 2.45) is 0 Å². The molecule has 3 aromatic rings. The van der Waals surface area contributed by atoms with Gasteiger partial charge in [-0.1, -0.05) is 47.5 Å². The molecule has 0 aliphatic rings. The Balaban J connectivity index is 2.13. The van der Waals surface area contributed by atoms with Gasteiger partial charge in [0.1, 0.15) is 10.7 Å². The molecule has 0 saturated heterocycles. The van der Waals surface area contributed by atoms with Crippen LogP contribution in [0.5, 0.6) is 0 Å². The maximum Gasteiger partial charge on any atom is 0.291 e. The molecule has 2 aromatic carbocycles. The van der Waals surface area contributed by atoms with E-state index in [-0.39, 0.29) is 26.3 Å². The molecule has 0 radical (unpaired) electrons. The maximum atomic E-state index is 15.1. The highest BCUT2D eigenvalue weighted by atomic mass is 35.5. The minimum absolute atomic E-state index is 0.0312. The molecule has 0 amide bonds. The van der Waals surface area contributed by atoms with Crippen LogP contribution in [0.3, 0.4) is 0 Å². The van der Waals surface area contributed by atoms with Gasteiger partial charge < -0.3 is 0 Å². The molecular formula is C17H12Cl2FN3O3S. The van der Waals surface area contributed by atoms with Gasteiger partial charge in [0.25, 0.3) is 15.6 Å². The molecule has 0 aliphatic heterocycles. The molecule has 0 unspecified atom stereocenters. The van der Waals surface area contributed by atoms with Crippen LogP contribution in [0.15, 0.2) is 58.4 Å². The lowest BCUT2D eigenvalue weighted by Crippen LogP contribution is -2.24. The van der Waals surface area contributed by atoms with E-state index in [1.54, 1.807) is 25.1 Å². The predicted octanol–water partition coefficient (Wildman–Crippen LogP) is 3.79. The summed E-state index contributed by atoms with van der Waals surface area (Å²) in [5, 5.41) is 3.41.